The zero-order valence-corrected chi connectivity index (χ0v) is 18.9. The highest BCUT2D eigenvalue weighted by atomic mass is 32.2. The van der Waals surface area contributed by atoms with Gasteiger partial charge < -0.3 is 0 Å². The van der Waals surface area contributed by atoms with Gasteiger partial charge in [-0.3, -0.25) is 0 Å². The molecule has 0 spiro atoms. The SMILES string of the molecule is CC(C)(C)S(=O)(=O)CF.CC(C)(C)S(C)(=O)=O.CSC(C)(C)C. The molecule has 144 valence electrons. The first-order chi connectivity index (χ1) is 9.62. The molecule has 0 rings (SSSR count). The lowest BCUT2D eigenvalue weighted by Gasteiger charge is -2.15. The Hall–Kier alpha value is 0.180. The average Bonchev–Trinajstić information content (AvgIpc) is 2.25. The standard InChI is InChI=1S/C5H11FO2S.C5H12O2S.C5H12S/c1-5(2,3)9(7,8)4-6;1-5(2,3)8(4,6)7;1-5(2,3)6-4/h4H2,1-3H3;1-4H3;1-4H3. The second-order valence-electron chi connectivity index (χ2n) is 8.04. The molecule has 0 aliphatic heterocycles. The van der Waals surface area contributed by atoms with Crippen molar-refractivity contribution in [3.63, 3.8) is 0 Å². The summed E-state index contributed by atoms with van der Waals surface area (Å²) in [5, 5.41) is 0. The quantitative estimate of drug-likeness (QED) is 0.669. The predicted octanol–water partition coefficient (Wildman–Crippen LogP) is 4.10. The fourth-order valence-corrected chi connectivity index (χ4v) is 0.491. The number of thioether (sulfide) groups is 1. The van der Waals surface area contributed by atoms with E-state index >= 15 is 0 Å². The highest BCUT2D eigenvalue weighted by molar-refractivity contribution is 7.99. The summed E-state index contributed by atoms with van der Waals surface area (Å²) in [5.74, 6) is 0. The predicted molar refractivity (Wildman–Crippen MR) is 103 cm³/mol. The molecule has 0 saturated heterocycles. The third kappa shape index (κ3) is 15.4. The summed E-state index contributed by atoms with van der Waals surface area (Å²) < 4.78 is 53.2. The van der Waals surface area contributed by atoms with Gasteiger partial charge in [0.15, 0.2) is 25.7 Å². The Balaban J connectivity index is -0.000000266. The number of hydrogen-bond acceptors (Lipinski definition) is 5. The van der Waals surface area contributed by atoms with Crippen LogP contribution < -0.4 is 0 Å². The number of hydrogen-bond donors (Lipinski definition) is 0. The van der Waals surface area contributed by atoms with Crippen molar-refractivity contribution in [1.29, 1.82) is 0 Å². The minimum atomic E-state index is -3.50. The molecule has 8 heteroatoms. The van der Waals surface area contributed by atoms with Crippen LogP contribution in [0.5, 0.6) is 0 Å². The van der Waals surface area contributed by atoms with E-state index in [1.54, 1.807) is 20.8 Å². The second-order valence-corrected chi connectivity index (χ2v) is 15.1. The lowest BCUT2D eigenvalue weighted by atomic mass is 10.3. The van der Waals surface area contributed by atoms with Crippen molar-refractivity contribution in [3.8, 4) is 0 Å². The van der Waals surface area contributed by atoms with Gasteiger partial charge >= 0.3 is 0 Å². The van der Waals surface area contributed by atoms with E-state index < -0.39 is 35.2 Å². The monoisotopic (exact) mass is 394 g/mol. The molecule has 0 unspecified atom stereocenters. The van der Waals surface area contributed by atoms with E-state index in [1.807, 2.05) is 11.8 Å². The van der Waals surface area contributed by atoms with Crippen molar-refractivity contribution in [2.45, 2.75) is 76.6 Å². The summed E-state index contributed by atoms with van der Waals surface area (Å²) >= 11 is 1.88. The van der Waals surface area contributed by atoms with Gasteiger partial charge in [-0.1, -0.05) is 20.8 Å². The van der Waals surface area contributed by atoms with Crippen molar-refractivity contribution < 1.29 is 21.2 Å². The minimum Gasteiger partial charge on any atom is -0.234 e. The van der Waals surface area contributed by atoms with E-state index in [0.717, 1.165) is 0 Å². The van der Waals surface area contributed by atoms with E-state index in [0.29, 0.717) is 4.75 Å². The van der Waals surface area contributed by atoms with E-state index in [9.17, 15) is 21.2 Å². The number of sulfone groups is 2. The summed E-state index contributed by atoms with van der Waals surface area (Å²) in [5.41, 5.74) is 0. The largest absolute Gasteiger partial charge is 0.234 e. The van der Waals surface area contributed by atoms with Crippen molar-refractivity contribution in [1.82, 2.24) is 0 Å². The van der Waals surface area contributed by atoms with Gasteiger partial charge in [0, 0.05) is 11.0 Å². The summed E-state index contributed by atoms with van der Waals surface area (Å²) in [6.07, 6.45) is 3.37. The molecule has 0 atom stereocenters. The Morgan fingerprint density at radius 3 is 1.00 bits per heavy atom. The Bertz CT molecular complexity index is 517. The van der Waals surface area contributed by atoms with Crippen molar-refractivity contribution in [2.75, 3.05) is 18.5 Å². The molecule has 0 heterocycles. The van der Waals surface area contributed by atoms with E-state index in [1.165, 1.54) is 27.0 Å². The molecule has 0 aromatic heterocycles. The first-order valence-corrected chi connectivity index (χ1v) is 11.9. The molecule has 4 nitrogen and oxygen atoms in total. The van der Waals surface area contributed by atoms with Crippen LogP contribution >= 0.6 is 11.8 Å². The van der Waals surface area contributed by atoms with Gasteiger partial charge in [-0.2, -0.15) is 11.8 Å². The maximum absolute atomic E-state index is 11.7. The maximum Gasteiger partial charge on any atom is 0.191 e. The van der Waals surface area contributed by atoms with Crippen LogP contribution in [-0.4, -0.2) is 49.6 Å². The molecule has 0 aromatic rings. The first-order valence-electron chi connectivity index (χ1n) is 7.15. The lowest BCUT2D eigenvalue weighted by molar-refractivity contribution is 0.509. The van der Waals surface area contributed by atoms with Crippen LogP contribution in [0.1, 0.15) is 62.3 Å². The van der Waals surface area contributed by atoms with Crippen LogP contribution in [0.15, 0.2) is 0 Å². The van der Waals surface area contributed by atoms with Crippen LogP contribution in [0.4, 0.5) is 4.39 Å². The summed E-state index contributed by atoms with van der Waals surface area (Å²) in [4.78, 5) is 0. The molecule has 0 aliphatic carbocycles. The first kappa shape index (κ1) is 28.0. The molecule has 0 fully saturated rings. The minimum absolute atomic E-state index is 0.458. The average molecular weight is 395 g/mol. The van der Waals surface area contributed by atoms with E-state index in [-0.39, 0.29) is 0 Å². The van der Waals surface area contributed by atoms with Gasteiger partial charge in [-0.25, -0.2) is 21.2 Å². The van der Waals surface area contributed by atoms with E-state index in [2.05, 4.69) is 27.0 Å². The van der Waals surface area contributed by atoms with Crippen LogP contribution in [0.2, 0.25) is 0 Å². The maximum atomic E-state index is 11.7. The van der Waals surface area contributed by atoms with Gasteiger partial charge in [-0.15, -0.1) is 0 Å². The van der Waals surface area contributed by atoms with Crippen molar-refractivity contribution in [3.05, 3.63) is 0 Å². The molecular formula is C15H35FO4S3. The number of alkyl halides is 1. The van der Waals surface area contributed by atoms with Gasteiger partial charge in [-0.05, 0) is 47.8 Å². The summed E-state index contributed by atoms with van der Waals surface area (Å²) in [7, 11) is -6.34. The summed E-state index contributed by atoms with van der Waals surface area (Å²) in [6, 6.07) is -1.27. The normalized spacial score (nSPS) is 13.4. The van der Waals surface area contributed by atoms with Crippen LogP contribution in [-0.2, 0) is 19.7 Å². The zero-order chi connectivity index (χ0) is 19.9. The van der Waals surface area contributed by atoms with Gasteiger partial charge in [0.25, 0.3) is 0 Å². The molecule has 23 heavy (non-hydrogen) atoms. The Labute approximate surface area is 147 Å². The molecular weight excluding hydrogens is 359 g/mol. The topological polar surface area (TPSA) is 68.3 Å². The highest BCUT2D eigenvalue weighted by Crippen LogP contribution is 2.18. The van der Waals surface area contributed by atoms with Gasteiger partial charge in [0.05, 0.1) is 9.49 Å². The van der Waals surface area contributed by atoms with Crippen LogP contribution in [0.25, 0.3) is 0 Å². The molecule has 0 aromatic carbocycles. The van der Waals surface area contributed by atoms with E-state index in [4.69, 9.17) is 0 Å². The van der Waals surface area contributed by atoms with Gasteiger partial charge in [0.2, 0.25) is 0 Å². The number of halogens is 1. The third-order valence-electron chi connectivity index (χ3n) is 2.80. The Kier molecular flexibility index (Phi) is 11.7. The fraction of sp³-hybridized carbons (Fsp3) is 1.00. The molecule has 0 amide bonds. The number of rotatable bonds is 1. The van der Waals surface area contributed by atoms with Crippen LogP contribution in [0, 0.1) is 0 Å². The highest BCUT2D eigenvalue weighted by Gasteiger charge is 2.28. The fourth-order valence-electron chi connectivity index (χ4n) is 0.164. The molecule has 0 radical (unpaired) electrons. The summed E-state index contributed by atoms with van der Waals surface area (Å²) in [6.45, 7) is 16.1. The molecule has 0 N–H and O–H groups in total. The Morgan fingerprint density at radius 2 is 1.00 bits per heavy atom. The van der Waals surface area contributed by atoms with Crippen molar-refractivity contribution in [2.24, 2.45) is 0 Å². The molecule has 0 saturated carbocycles. The smallest absolute Gasteiger partial charge is 0.191 e. The lowest BCUT2D eigenvalue weighted by Crippen LogP contribution is -2.28. The third-order valence-corrected chi connectivity index (χ3v) is 8.40. The molecule has 0 bridgehead atoms. The second kappa shape index (κ2) is 9.61. The zero-order valence-electron chi connectivity index (χ0n) is 16.4. The molecule has 0 aliphatic rings. The Morgan fingerprint density at radius 1 is 0.783 bits per heavy atom. The van der Waals surface area contributed by atoms with Crippen molar-refractivity contribution >= 4 is 31.4 Å². The van der Waals surface area contributed by atoms with Crippen LogP contribution in [0.3, 0.4) is 0 Å². The van der Waals surface area contributed by atoms with Gasteiger partial charge in [0.1, 0.15) is 0 Å².